The molecule has 1 fully saturated rings. The average Bonchev–Trinajstić information content (AvgIpc) is 2.43. The highest BCUT2D eigenvalue weighted by atomic mass is 79.9. The molecule has 0 atom stereocenters. The number of rotatable bonds is 3. The highest BCUT2D eigenvalue weighted by molar-refractivity contribution is 9.10. The lowest BCUT2D eigenvalue weighted by Gasteiger charge is -2.27. The van der Waals surface area contributed by atoms with E-state index in [1.54, 1.807) is 0 Å². The van der Waals surface area contributed by atoms with Gasteiger partial charge in [0.15, 0.2) is 6.61 Å². The summed E-state index contributed by atoms with van der Waals surface area (Å²) in [5.41, 5.74) is 2.23. The second-order valence-corrected chi connectivity index (χ2v) is 5.58. The van der Waals surface area contributed by atoms with Crippen LogP contribution in [0.1, 0.15) is 11.1 Å². The van der Waals surface area contributed by atoms with Gasteiger partial charge in [0.25, 0.3) is 5.91 Å². The number of halogens is 1. The first kappa shape index (κ1) is 14.3. The Labute approximate surface area is 122 Å². The van der Waals surface area contributed by atoms with Crippen LogP contribution in [0.3, 0.4) is 0 Å². The first-order valence-corrected chi connectivity index (χ1v) is 7.25. The zero-order valence-corrected chi connectivity index (χ0v) is 12.9. The second kappa shape index (κ2) is 6.39. The molecular weight excluding hydrogens is 308 g/mol. The number of hydrogen-bond donors (Lipinski definition) is 1. The van der Waals surface area contributed by atoms with Crippen molar-refractivity contribution >= 4 is 21.8 Å². The summed E-state index contributed by atoms with van der Waals surface area (Å²) in [7, 11) is 0. The van der Waals surface area contributed by atoms with Crippen LogP contribution in [0.2, 0.25) is 0 Å². The number of nitrogens with zero attached hydrogens (tertiary/aromatic N) is 1. The summed E-state index contributed by atoms with van der Waals surface area (Å²) in [6.45, 7) is 7.40. The predicted molar refractivity (Wildman–Crippen MR) is 78.6 cm³/mol. The van der Waals surface area contributed by atoms with Gasteiger partial charge in [-0.05, 0) is 37.1 Å². The fourth-order valence-corrected chi connectivity index (χ4v) is 2.37. The van der Waals surface area contributed by atoms with Gasteiger partial charge in [0.1, 0.15) is 5.75 Å². The third kappa shape index (κ3) is 3.70. The van der Waals surface area contributed by atoms with Crippen molar-refractivity contribution in [2.75, 3.05) is 32.8 Å². The molecule has 1 heterocycles. The number of piperazine rings is 1. The minimum absolute atomic E-state index is 0.0553. The van der Waals surface area contributed by atoms with Gasteiger partial charge in [0, 0.05) is 30.7 Å². The van der Waals surface area contributed by atoms with E-state index in [0.29, 0.717) is 0 Å². The maximum absolute atomic E-state index is 12.0. The number of amides is 1. The second-order valence-electron chi connectivity index (χ2n) is 4.79. The van der Waals surface area contributed by atoms with Gasteiger partial charge in [-0.2, -0.15) is 0 Å². The minimum Gasteiger partial charge on any atom is -0.484 e. The molecule has 0 bridgehead atoms. The third-order valence-electron chi connectivity index (χ3n) is 3.24. The van der Waals surface area contributed by atoms with E-state index in [2.05, 4.69) is 21.2 Å². The number of ether oxygens (including phenoxy) is 1. The largest absolute Gasteiger partial charge is 0.484 e. The van der Waals surface area contributed by atoms with Crippen LogP contribution in [-0.2, 0) is 4.79 Å². The summed E-state index contributed by atoms with van der Waals surface area (Å²) >= 11 is 3.52. The van der Waals surface area contributed by atoms with Gasteiger partial charge in [-0.1, -0.05) is 15.9 Å². The van der Waals surface area contributed by atoms with Crippen LogP contribution >= 0.6 is 15.9 Å². The Morgan fingerprint density at radius 3 is 2.47 bits per heavy atom. The Morgan fingerprint density at radius 2 is 1.89 bits per heavy atom. The van der Waals surface area contributed by atoms with Crippen molar-refractivity contribution in [3.8, 4) is 5.75 Å². The molecule has 1 aliphatic heterocycles. The zero-order valence-electron chi connectivity index (χ0n) is 11.3. The van der Waals surface area contributed by atoms with Gasteiger partial charge < -0.3 is 15.0 Å². The topological polar surface area (TPSA) is 41.6 Å². The van der Waals surface area contributed by atoms with Gasteiger partial charge in [0.2, 0.25) is 0 Å². The first-order chi connectivity index (χ1) is 9.08. The Morgan fingerprint density at radius 1 is 1.32 bits per heavy atom. The summed E-state index contributed by atoms with van der Waals surface area (Å²) in [4.78, 5) is 13.8. The summed E-state index contributed by atoms with van der Waals surface area (Å²) in [6.07, 6.45) is 0. The van der Waals surface area contributed by atoms with Gasteiger partial charge in [-0.15, -0.1) is 0 Å². The summed E-state index contributed by atoms with van der Waals surface area (Å²) in [6, 6.07) is 3.89. The lowest BCUT2D eigenvalue weighted by molar-refractivity contribution is -0.133. The molecule has 4 nitrogen and oxygen atoms in total. The van der Waals surface area contributed by atoms with Crippen molar-refractivity contribution in [1.29, 1.82) is 0 Å². The maximum Gasteiger partial charge on any atom is 0.260 e. The van der Waals surface area contributed by atoms with Crippen molar-refractivity contribution < 1.29 is 9.53 Å². The number of hydrogen-bond acceptors (Lipinski definition) is 3. The smallest absolute Gasteiger partial charge is 0.260 e. The van der Waals surface area contributed by atoms with E-state index >= 15 is 0 Å². The summed E-state index contributed by atoms with van der Waals surface area (Å²) in [5, 5.41) is 3.22. The summed E-state index contributed by atoms with van der Waals surface area (Å²) in [5.74, 6) is 0.807. The van der Waals surface area contributed by atoms with Gasteiger partial charge in [-0.25, -0.2) is 0 Å². The van der Waals surface area contributed by atoms with E-state index in [0.717, 1.165) is 47.5 Å². The van der Waals surface area contributed by atoms with E-state index < -0.39 is 0 Å². The van der Waals surface area contributed by atoms with E-state index in [4.69, 9.17) is 4.74 Å². The van der Waals surface area contributed by atoms with Crippen LogP contribution in [-0.4, -0.2) is 43.6 Å². The summed E-state index contributed by atoms with van der Waals surface area (Å²) < 4.78 is 6.70. The van der Waals surface area contributed by atoms with Gasteiger partial charge >= 0.3 is 0 Å². The SMILES string of the molecule is Cc1cc(OCC(=O)N2CCNCC2)cc(C)c1Br. The average molecular weight is 327 g/mol. The number of nitrogens with one attached hydrogen (secondary N) is 1. The molecule has 1 saturated heterocycles. The minimum atomic E-state index is 0.0553. The number of carbonyl (C=O) groups is 1. The molecule has 1 amide bonds. The highest BCUT2D eigenvalue weighted by Crippen LogP contribution is 2.26. The van der Waals surface area contributed by atoms with Crippen molar-refractivity contribution in [2.45, 2.75) is 13.8 Å². The lowest BCUT2D eigenvalue weighted by atomic mass is 10.1. The Hall–Kier alpha value is -1.07. The molecule has 19 heavy (non-hydrogen) atoms. The van der Waals surface area contributed by atoms with Crippen molar-refractivity contribution in [3.63, 3.8) is 0 Å². The highest BCUT2D eigenvalue weighted by Gasteiger charge is 2.16. The molecule has 0 aliphatic carbocycles. The fourth-order valence-electron chi connectivity index (χ4n) is 2.14. The van der Waals surface area contributed by atoms with Crippen molar-refractivity contribution in [1.82, 2.24) is 10.2 Å². The lowest BCUT2D eigenvalue weighted by Crippen LogP contribution is -2.47. The Bertz CT molecular complexity index is 448. The fraction of sp³-hybridized carbons (Fsp3) is 0.500. The van der Waals surface area contributed by atoms with Crippen LogP contribution in [0.15, 0.2) is 16.6 Å². The molecule has 1 aromatic rings. The van der Waals surface area contributed by atoms with Gasteiger partial charge in [-0.3, -0.25) is 4.79 Å². The molecule has 2 rings (SSSR count). The van der Waals surface area contributed by atoms with Gasteiger partial charge in [0.05, 0.1) is 0 Å². The number of carbonyl (C=O) groups excluding carboxylic acids is 1. The van der Waals surface area contributed by atoms with E-state index in [9.17, 15) is 4.79 Å². The first-order valence-electron chi connectivity index (χ1n) is 6.46. The van der Waals surface area contributed by atoms with Crippen LogP contribution in [0.5, 0.6) is 5.75 Å². The Kier molecular flexibility index (Phi) is 4.82. The molecule has 0 aromatic heterocycles. The Balaban J connectivity index is 1.93. The monoisotopic (exact) mass is 326 g/mol. The van der Waals surface area contributed by atoms with E-state index in [1.807, 2.05) is 30.9 Å². The van der Waals surface area contributed by atoms with Crippen LogP contribution < -0.4 is 10.1 Å². The molecule has 1 N–H and O–H groups in total. The van der Waals surface area contributed by atoms with Crippen LogP contribution in [0, 0.1) is 13.8 Å². The molecule has 0 spiro atoms. The van der Waals surface area contributed by atoms with Crippen LogP contribution in [0.4, 0.5) is 0 Å². The van der Waals surface area contributed by atoms with Crippen molar-refractivity contribution in [3.05, 3.63) is 27.7 Å². The predicted octanol–water partition coefficient (Wildman–Crippen LogP) is 1.88. The van der Waals surface area contributed by atoms with Crippen LogP contribution in [0.25, 0.3) is 0 Å². The molecule has 0 saturated carbocycles. The molecule has 0 radical (unpaired) electrons. The number of aryl methyl sites for hydroxylation is 2. The molecular formula is C14H19BrN2O2. The molecule has 104 valence electrons. The maximum atomic E-state index is 12.0. The molecule has 1 aliphatic rings. The zero-order chi connectivity index (χ0) is 13.8. The van der Waals surface area contributed by atoms with E-state index in [-0.39, 0.29) is 12.5 Å². The van der Waals surface area contributed by atoms with E-state index in [1.165, 1.54) is 0 Å². The quantitative estimate of drug-likeness (QED) is 0.922. The standard InChI is InChI=1S/C14H19BrN2O2/c1-10-7-12(8-11(2)14(10)15)19-9-13(18)17-5-3-16-4-6-17/h7-8,16H,3-6,9H2,1-2H3. The number of benzene rings is 1. The molecule has 5 heteroatoms. The molecule has 0 unspecified atom stereocenters. The normalized spacial score (nSPS) is 15.4. The van der Waals surface area contributed by atoms with Crippen molar-refractivity contribution in [2.24, 2.45) is 0 Å². The third-order valence-corrected chi connectivity index (χ3v) is 4.49. The molecule has 1 aromatic carbocycles.